The highest BCUT2D eigenvalue weighted by Crippen LogP contribution is 2.31. The number of nitrogens with zero attached hydrogens (tertiary/aromatic N) is 6. The molecule has 2 aromatic rings. The van der Waals surface area contributed by atoms with Crippen molar-refractivity contribution in [1.29, 1.82) is 0 Å². The average molecular weight is 401 g/mol. The first-order valence-corrected chi connectivity index (χ1v) is 14.4. The van der Waals surface area contributed by atoms with E-state index in [1.807, 2.05) is 18.4 Å². The van der Waals surface area contributed by atoms with Gasteiger partial charge in [-0.25, -0.2) is 13.4 Å². The second kappa shape index (κ2) is 6.52. The van der Waals surface area contributed by atoms with E-state index in [1.165, 1.54) is 11.5 Å². The minimum absolute atomic E-state index is 0.212. The quantitative estimate of drug-likeness (QED) is 0.714. The summed E-state index contributed by atoms with van der Waals surface area (Å²) in [5.74, 6) is 2.26. The van der Waals surface area contributed by atoms with Gasteiger partial charge in [0, 0.05) is 21.2 Å². The van der Waals surface area contributed by atoms with Crippen LogP contribution in [0.1, 0.15) is 24.6 Å². The maximum atomic E-state index is 12.8. The van der Waals surface area contributed by atoms with Gasteiger partial charge in [0.2, 0.25) is 10.0 Å². The van der Waals surface area contributed by atoms with E-state index >= 15 is 0 Å². The second-order valence-corrected chi connectivity index (χ2v) is 16.0. The summed E-state index contributed by atoms with van der Waals surface area (Å²) >= 11 is 1.29. The van der Waals surface area contributed by atoms with E-state index < -0.39 is 18.1 Å². The van der Waals surface area contributed by atoms with E-state index in [0.717, 1.165) is 11.1 Å². The van der Waals surface area contributed by atoms with Gasteiger partial charge in [-0.15, -0.1) is 10.2 Å². The molecule has 25 heavy (non-hydrogen) atoms. The number of aryl methyl sites for hydroxylation is 1. The number of fused-ring (bicyclic) bond motifs is 1. The normalized spacial score (nSPS) is 19.2. The molecule has 1 aliphatic heterocycles. The predicted molar refractivity (Wildman–Crippen MR) is 101 cm³/mol. The molecule has 0 spiro atoms. The van der Waals surface area contributed by atoms with Crippen LogP contribution < -0.4 is 0 Å². The van der Waals surface area contributed by atoms with E-state index in [1.54, 1.807) is 4.31 Å². The lowest BCUT2D eigenvalue weighted by Gasteiger charge is -2.33. The Labute approximate surface area is 153 Å². The van der Waals surface area contributed by atoms with Gasteiger partial charge < -0.3 is 4.57 Å². The molecule has 8 nitrogen and oxygen atoms in total. The van der Waals surface area contributed by atoms with E-state index in [4.69, 9.17) is 0 Å². The first-order valence-electron chi connectivity index (χ1n) is 8.32. The van der Waals surface area contributed by atoms with E-state index in [2.05, 4.69) is 39.2 Å². The average Bonchev–Trinajstić information content (AvgIpc) is 3.11. The monoisotopic (exact) mass is 400 g/mol. The predicted octanol–water partition coefficient (Wildman–Crippen LogP) is 2.15. The van der Waals surface area contributed by atoms with Crippen molar-refractivity contribution in [2.45, 2.75) is 52.1 Å². The molecule has 0 saturated carbocycles. The molecular formula is C14H24N6O2S2Si. The third kappa shape index (κ3) is 3.83. The highest BCUT2D eigenvalue weighted by atomic mass is 32.2. The molecule has 0 aromatic carbocycles. The molecule has 1 aliphatic rings. The van der Waals surface area contributed by atoms with Crippen molar-refractivity contribution in [2.75, 3.05) is 12.3 Å². The molecule has 1 atom stereocenters. The van der Waals surface area contributed by atoms with Crippen LogP contribution in [0.5, 0.6) is 0 Å². The fourth-order valence-electron chi connectivity index (χ4n) is 2.84. The van der Waals surface area contributed by atoms with Crippen LogP contribution in [0.3, 0.4) is 0 Å². The Balaban J connectivity index is 1.85. The molecule has 0 fully saturated rings. The van der Waals surface area contributed by atoms with Gasteiger partial charge in [-0.1, -0.05) is 19.6 Å². The van der Waals surface area contributed by atoms with Gasteiger partial charge in [-0.3, -0.25) is 0 Å². The van der Waals surface area contributed by atoms with Gasteiger partial charge in [-0.05, 0) is 31.4 Å². The first kappa shape index (κ1) is 18.6. The van der Waals surface area contributed by atoms with E-state index in [9.17, 15) is 8.42 Å². The van der Waals surface area contributed by atoms with Crippen LogP contribution in [0, 0.1) is 6.92 Å². The van der Waals surface area contributed by atoms with Gasteiger partial charge in [0.15, 0.2) is 16.7 Å². The van der Waals surface area contributed by atoms with Crippen LogP contribution in [0.15, 0.2) is 0 Å². The third-order valence-electron chi connectivity index (χ3n) is 4.32. The molecule has 0 N–H and O–H groups in total. The summed E-state index contributed by atoms with van der Waals surface area (Å²) in [7, 11) is -4.71. The number of hydrogen-bond donors (Lipinski definition) is 0. The summed E-state index contributed by atoms with van der Waals surface area (Å²) in [6.07, 6.45) is 0. The molecular weight excluding hydrogens is 376 g/mol. The molecule has 3 heterocycles. The van der Waals surface area contributed by atoms with Crippen LogP contribution in [-0.4, -0.2) is 57.2 Å². The highest BCUT2D eigenvalue weighted by molar-refractivity contribution is 7.89. The van der Waals surface area contributed by atoms with Crippen molar-refractivity contribution in [2.24, 2.45) is 0 Å². The minimum atomic E-state index is -3.30. The Morgan fingerprint density at radius 1 is 1.24 bits per heavy atom. The largest absolute Gasteiger partial charge is 0.306 e. The van der Waals surface area contributed by atoms with Crippen molar-refractivity contribution < 1.29 is 8.42 Å². The van der Waals surface area contributed by atoms with Gasteiger partial charge in [-0.2, -0.15) is 8.68 Å². The summed E-state index contributed by atoms with van der Waals surface area (Å²) in [5.41, 5.74) is 0. The molecule has 0 amide bonds. The van der Waals surface area contributed by atoms with E-state index in [0.29, 0.717) is 30.6 Å². The Bertz CT molecular complexity index is 870. The van der Waals surface area contributed by atoms with Crippen molar-refractivity contribution in [3.63, 3.8) is 0 Å². The number of hydrogen-bond acceptors (Lipinski definition) is 7. The summed E-state index contributed by atoms with van der Waals surface area (Å²) in [6.45, 7) is 11.3. The fourth-order valence-corrected chi connectivity index (χ4v) is 8.16. The summed E-state index contributed by atoms with van der Waals surface area (Å²) in [4.78, 5) is 4.37. The first-order chi connectivity index (χ1) is 11.6. The summed E-state index contributed by atoms with van der Waals surface area (Å²) < 4.78 is 33.3. The Morgan fingerprint density at radius 3 is 2.56 bits per heavy atom. The lowest BCUT2D eigenvalue weighted by molar-refractivity contribution is 0.277. The lowest BCUT2D eigenvalue weighted by atomic mass is 10.2. The molecule has 1 unspecified atom stereocenters. The number of rotatable bonds is 5. The molecule has 0 radical (unpaired) electrons. The van der Waals surface area contributed by atoms with Gasteiger partial charge in [0.1, 0.15) is 5.82 Å². The summed E-state index contributed by atoms with van der Waals surface area (Å²) in [5, 5.41) is 9.21. The van der Waals surface area contributed by atoms with Crippen molar-refractivity contribution in [3.05, 3.63) is 11.6 Å². The zero-order valence-electron chi connectivity index (χ0n) is 15.2. The molecule has 3 rings (SSSR count). The maximum absolute atomic E-state index is 12.8. The smallest absolute Gasteiger partial charge is 0.214 e. The lowest BCUT2D eigenvalue weighted by Crippen LogP contribution is -2.43. The van der Waals surface area contributed by atoms with Crippen molar-refractivity contribution >= 4 is 29.6 Å². The van der Waals surface area contributed by atoms with E-state index in [-0.39, 0.29) is 11.8 Å². The second-order valence-electron chi connectivity index (χ2n) is 7.59. The van der Waals surface area contributed by atoms with Crippen LogP contribution in [0.4, 0.5) is 0 Å². The SMILES string of the molecule is Cc1nsc(-c2nnc3n2CCN(S(=O)(=O)CC[Si](C)(C)C)C3C)n1. The van der Waals surface area contributed by atoms with Gasteiger partial charge in [0.05, 0.1) is 11.8 Å². The Kier molecular flexibility index (Phi) is 4.86. The molecule has 0 bridgehead atoms. The summed E-state index contributed by atoms with van der Waals surface area (Å²) in [6, 6.07) is 0.441. The van der Waals surface area contributed by atoms with Crippen LogP contribution in [0.2, 0.25) is 25.7 Å². The molecule has 138 valence electrons. The van der Waals surface area contributed by atoms with Crippen molar-refractivity contribution in [3.8, 4) is 10.8 Å². The third-order valence-corrected chi connectivity index (χ3v) is 9.16. The number of aromatic nitrogens is 5. The Morgan fingerprint density at radius 2 is 1.96 bits per heavy atom. The molecule has 11 heteroatoms. The van der Waals surface area contributed by atoms with Crippen LogP contribution >= 0.6 is 11.5 Å². The zero-order chi connectivity index (χ0) is 18.4. The van der Waals surface area contributed by atoms with Gasteiger partial charge >= 0.3 is 0 Å². The molecule has 0 saturated heterocycles. The maximum Gasteiger partial charge on any atom is 0.214 e. The number of sulfonamides is 1. The van der Waals surface area contributed by atoms with Crippen LogP contribution in [-0.2, 0) is 16.6 Å². The Hall–Kier alpha value is -1.17. The van der Waals surface area contributed by atoms with Crippen LogP contribution in [0.25, 0.3) is 10.8 Å². The topological polar surface area (TPSA) is 93.9 Å². The molecule has 2 aromatic heterocycles. The minimum Gasteiger partial charge on any atom is -0.306 e. The zero-order valence-corrected chi connectivity index (χ0v) is 17.9. The molecule has 0 aliphatic carbocycles. The fraction of sp³-hybridized carbons (Fsp3) is 0.714. The standard InChI is InChI=1S/C14H24N6O2S2Si/c1-10-12-16-17-13(14-15-11(2)18-23-14)19(12)6-7-20(10)24(21,22)8-9-25(3,4)5/h10H,6-9H2,1-5H3. The van der Waals surface area contributed by atoms with Gasteiger partial charge in [0.25, 0.3) is 0 Å². The highest BCUT2D eigenvalue weighted by Gasteiger charge is 2.36. The van der Waals surface area contributed by atoms with Crippen molar-refractivity contribution in [1.82, 2.24) is 28.4 Å².